The van der Waals surface area contributed by atoms with Crippen LogP contribution >= 0.6 is 0 Å². The smallest absolute Gasteiger partial charge is 0.0866 e. The predicted octanol–water partition coefficient (Wildman–Crippen LogP) is -0.876. The van der Waals surface area contributed by atoms with Gasteiger partial charge in [0.1, 0.15) is 0 Å². The van der Waals surface area contributed by atoms with Crippen molar-refractivity contribution in [2.45, 2.75) is 6.10 Å². The Morgan fingerprint density at radius 2 is 2.71 bits per heavy atom. The topological polar surface area (TPSA) is 35.4 Å². The van der Waals surface area contributed by atoms with Crippen LogP contribution in [0.5, 0.6) is 0 Å². The summed E-state index contributed by atoms with van der Waals surface area (Å²) < 4.78 is 4.95. The molecule has 1 aliphatic rings. The van der Waals surface area contributed by atoms with E-state index in [2.05, 4.69) is 10.9 Å². The summed E-state index contributed by atoms with van der Waals surface area (Å²) in [5.74, 6) is 0. The molecule has 0 aromatic heterocycles. The maximum atomic E-state index is 4.95. The van der Waals surface area contributed by atoms with Crippen LogP contribution in [0.25, 0.3) is 0 Å². The van der Waals surface area contributed by atoms with Gasteiger partial charge in [0.15, 0.2) is 0 Å². The highest BCUT2D eigenvalue weighted by Crippen LogP contribution is 1.89. The molecule has 1 unspecified atom stereocenters. The highest BCUT2D eigenvalue weighted by Gasteiger charge is 2.12. The first-order valence-electron chi connectivity index (χ1n) is 2.35. The molecule has 1 rings (SSSR count). The number of nitrogens with one attached hydrogen (secondary N) is 1. The summed E-state index contributed by atoms with van der Waals surface area (Å²) in [4.78, 5) is 0. The molecule has 0 aromatic rings. The minimum absolute atomic E-state index is 0.319. The maximum absolute atomic E-state index is 4.95. The fourth-order valence-corrected chi connectivity index (χ4v) is 0.555. The van der Waals surface area contributed by atoms with Gasteiger partial charge >= 0.3 is 0 Å². The standard InChI is InChI=1S/C4H9N2O/c1-7-4-2-5-6-3-4/h4-5H,2-3H2,1H3. The van der Waals surface area contributed by atoms with Crippen molar-refractivity contribution < 1.29 is 4.74 Å². The summed E-state index contributed by atoms with van der Waals surface area (Å²) in [5, 5.41) is 0. The largest absolute Gasteiger partial charge is 0.379 e. The summed E-state index contributed by atoms with van der Waals surface area (Å²) >= 11 is 0. The molecule has 0 amide bonds. The molecule has 3 heteroatoms. The lowest BCUT2D eigenvalue weighted by Gasteiger charge is -1.99. The molecule has 0 aliphatic carbocycles. The second kappa shape index (κ2) is 2.26. The van der Waals surface area contributed by atoms with E-state index in [-0.39, 0.29) is 0 Å². The summed E-state index contributed by atoms with van der Waals surface area (Å²) in [6, 6.07) is 0. The van der Waals surface area contributed by atoms with Crippen LogP contribution in [0.1, 0.15) is 0 Å². The molecule has 1 atom stereocenters. The quantitative estimate of drug-likeness (QED) is 0.465. The van der Waals surface area contributed by atoms with Gasteiger partial charge in [-0.2, -0.15) is 5.43 Å². The van der Waals surface area contributed by atoms with Crippen molar-refractivity contribution in [3.8, 4) is 0 Å². The number of hydrogen-bond donors (Lipinski definition) is 1. The van der Waals surface area contributed by atoms with Gasteiger partial charge in [0.05, 0.1) is 12.6 Å². The number of rotatable bonds is 1. The molecule has 1 heterocycles. The molecule has 1 aliphatic heterocycles. The number of hydrogen-bond acceptors (Lipinski definition) is 2. The molecule has 1 saturated heterocycles. The number of nitrogens with zero attached hydrogens (tertiary/aromatic N) is 1. The van der Waals surface area contributed by atoms with Gasteiger partial charge in [-0.3, -0.25) is 0 Å². The first-order chi connectivity index (χ1) is 3.43. The van der Waals surface area contributed by atoms with Crippen LogP contribution in [0.4, 0.5) is 0 Å². The van der Waals surface area contributed by atoms with E-state index in [9.17, 15) is 0 Å². The normalized spacial score (nSPS) is 23.6. The molecule has 1 N–H and O–H groups in total. The highest BCUT2D eigenvalue weighted by molar-refractivity contribution is 4.67. The molecule has 0 bridgehead atoms. The van der Waals surface area contributed by atoms with Gasteiger partial charge in [-0.25, -0.2) is 5.43 Å². The molecular formula is C4H9N2O. The van der Waals surface area contributed by atoms with E-state index in [1.807, 2.05) is 0 Å². The zero-order valence-electron chi connectivity index (χ0n) is 4.35. The molecule has 1 radical (unpaired) electrons. The van der Waals surface area contributed by atoms with E-state index in [4.69, 9.17) is 4.74 Å². The van der Waals surface area contributed by atoms with Crippen LogP contribution in [0.2, 0.25) is 0 Å². The van der Waals surface area contributed by atoms with Crippen LogP contribution in [0.3, 0.4) is 0 Å². The van der Waals surface area contributed by atoms with Gasteiger partial charge in [-0.15, -0.1) is 0 Å². The van der Waals surface area contributed by atoms with Crippen LogP contribution in [-0.2, 0) is 4.74 Å². The first kappa shape index (κ1) is 5.03. The van der Waals surface area contributed by atoms with Crippen molar-refractivity contribution in [1.29, 1.82) is 0 Å². The second-order valence-corrected chi connectivity index (χ2v) is 1.56. The molecule has 7 heavy (non-hydrogen) atoms. The lowest BCUT2D eigenvalue weighted by Crippen LogP contribution is -2.16. The fraction of sp³-hybridized carbons (Fsp3) is 1.00. The van der Waals surface area contributed by atoms with E-state index in [1.165, 1.54) is 0 Å². The maximum Gasteiger partial charge on any atom is 0.0866 e. The fourth-order valence-electron chi connectivity index (χ4n) is 0.555. The molecule has 0 saturated carbocycles. The minimum Gasteiger partial charge on any atom is -0.379 e. The van der Waals surface area contributed by atoms with Crippen molar-refractivity contribution in [1.82, 2.24) is 10.9 Å². The van der Waals surface area contributed by atoms with Gasteiger partial charge in [0.2, 0.25) is 0 Å². The molecule has 0 spiro atoms. The second-order valence-electron chi connectivity index (χ2n) is 1.56. The zero-order valence-corrected chi connectivity index (χ0v) is 4.35. The van der Waals surface area contributed by atoms with Gasteiger partial charge in [0, 0.05) is 13.7 Å². The molecule has 1 fully saturated rings. The SMILES string of the molecule is COC1C[N]NC1. The summed E-state index contributed by atoms with van der Waals surface area (Å²) in [6.45, 7) is 1.67. The third kappa shape index (κ3) is 1.12. The third-order valence-electron chi connectivity index (χ3n) is 1.06. The molecular weight excluding hydrogens is 92.1 g/mol. The van der Waals surface area contributed by atoms with Crippen LogP contribution < -0.4 is 10.9 Å². The van der Waals surface area contributed by atoms with Crippen molar-refractivity contribution in [2.75, 3.05) is 20.2 Å². The lowest BCUT2D eigenvalue weighted by atomic mass is 10.4. The minimum atomic E-state index is 0.319. The summed E-state index contributed by atoms with van der Waals surface area (Å²) in [7, 11) is 1.70. The van der Waals surface area contributed by atoms with Crippen LogP contribution in [0.15, 0.2) is 0 Å². The number of ether oxygens (including phenoxy) is 1. The Bertz CT molecular complexity index is 51.7. The number of methoxy groups -OCH3 is 1. The van der Waals surface area contributed by atoms with E-state index < -0.39 is 0 Å². The van der Waals surface area contributed by atoms with Gasteiger partial charge in [-0.1, -0.05) is 0 Å². The van der Waals surface area contributed by atoms with Gasteiger partial charge in [0.25, 0.3) is 0 Å². The van der Waals surface area contributed by atoms with Crippen molar-refractivity contribution in [3.05, 3.63) is 0 Å². The van der Waals surface area contributed by atoms with E-state index in [1.54, 1.807) is 7.11 Å². The van der Waals surface area contributed by atoms with Crippen molar-refractivity contribution >= 4 is 0 Å². The Morgan fingerprint density at radius 3 is 3.00 bits per heavy atom. The molecule has 3 nitrogen and oxygen atoms in total. The lowest BCUT2D eigenvalue weighted by molar-refractivity contribution is 0.128. The average molecular weight is 101 g/mol. The van der Waals surface area contributed by atoms with E-state index >= 15 is 0 Å². The van der Waals surface area contributed by atoms with Gasteiger partial charge < -0.3 is 4.74 Å². The predicted molar refractivity (Wildman–Crippen MR) is 25.8 cm³/mol. The summed E-state index contributed by atoms with van der Waals surface area (Å²) in [6.07, 6.45) is 0.319. The third-order valence-corrected chi connectivity index (χ3v) is 1.06. The monoisotopic (exact) mass is 101 g/mol. The Kier molecular flexibility index (Phi) is 1.62. The van der Waals surface area contributed by atoms with Crippen LogP contribution in [0, 0.1) is 0 Å². The van der Waals surface area contributed by atoms with Crippen LogP contribution in [-0.4, -0.2) is 26.3 Å². The Hall–Kier alpha value is -0.120. The summed E-state index contributed by atoms with van der Waals surface area (Å²) in [5.41, 5.74) is 6.68. The van der Waals surface area contributed by atoms with E-state index in [0.717, 1.165) is 13.1 Å². The van der Waals surface area contributed by atoms with E-state index in [0.29, 0.717) is 6.10 Å². The van der Waals surface area contributed by atoms with Crippen molar-refractivity contribution in [3.63, 3.8) is 0 Å². The highest BCUT2D eigenvalue weighted by atomic mass is 16.5. The Labute approximate surface area is 43.0 Å². The van der Waals surface area contributed by atoms with Gasteiger partial charge in [-0.05, 0) is 0 Å². The first-order valence-corrected chi connectivity index (χ1v) is 2.35. The average Bonchev–Trinajstić information content (AvgIpc) is 2.14. The van der Waals surface area contributed by atoms with Crippen molar-refractivity contribution in [2.24, 2.45) is 0 Å². The molecule has 41 valence electrons. The zero-order chi connectivity index (χ0) is 5.11. The Balaban J connectivity index is 2.14. The Morgan fingerprint density at radius 1 is 1.86 bits per heavy atom. The molecule has 0 aromatic carbocycles.